The maximum absolute atomic E-state index is 13.6. The second-order valence-electron chi connectivity index (χ2n) is 9.88. The Morgan fingerprint density at radius 3 is 2.70 bits per heavy atom. The maximum Gasteiger partial charge on any atom is 0.262 e. The van der Waals surface area contributed by atoms with E-state index in [0.29, 0.717) is 21.9 Å². The third-order valence-corrected chi connectivity index (χ3v) is 8.02. The van der Waals surface area contributed by atoms with E-state index >= 15 is 0 Å². The Bertz CT molecular complexity index is 1640. The van der Waals surface area contributed by atoms with Crippen molar-refractivity contribution in [3.05, 3.63) is 102 Å². The molecule has 3 aromatic heterocycles. The summed E-state index contributed by atoms with van der Waals surface area (Å²) in [5, 5.41) is 12.2. The number of hydrogen-bond donors (Lipinski definition) is 1. The van der Waals surface area contributed by atoms with E-state index < -0.39 is 11.6 Å². The molecule has 204 valence electrons. The number of piperidine rings is 1. The lowest BCUT2D eigenvalue weighted by Crippen LogP contribution is -2.27. The van der Waals surface area contributed by atoms with Crippen LogP contribution in [0.1, 0.15) is 48.2 Å². The van der Waals surface area contributed by atoms with Crippen LogP contribution in [0.4, 0.5) is 14.6 Å². The minimum Gasteiger partial charge on any atom is -0.306 e. The molecule has 4 heterocycles. The highest BCUT2D eigenvalue weighted by molar-refractivity contribution is 7.97. The summed E-state index contributed by atoms with van der Waals surface area (Å²) >= 11 is 1.36. The van der Waals surface area contributed by atoms with Gasteiger partial charge in [-0.25, -0.2) is 27.3 Å². The molecule has 8 nitrogen and oxygen atoms in total. The van der Waals surface area contributed by atoms with E-state index in [1.165, 1.54) is 35.9 Å². The van der Waals surface area contributed by atoms with E-state index in [4.69, 9.17) is 5.10 Å². The first-order valence-corrected chi connectivity index (χ1v) is 13.8. The van der Waals surface area contributed by atoms with Gasteiger partial charge in [0, 0.05) is 48.4 Å². The fraction of sp³-hybridized carbons (Fsp3) is 0.241. The lowest BCUT2D eigenvalue weighted by atomic mass is 9.95. The second kappa shape index (κ2) is 11.2. The molecule has 11 heteroatoms. The van der Waals surface area contributed by atoms with Gasteiger partial charge in [0.1, 0.15) is 23.0 Å². The Morgan fingerprint density at radius 2 is 1.90 bits per heavy atom. The fourth-order valence-corrected chi connectivity index (χ4v) is 5.91. The number of nitrogens with one attached hydrogen (secondary N) is 1. The number of carbonyl (C=O) groups is 1. The predicted octanol–water partition coefficient (Wildman–Crippen LogP) is 6.09. The Balaban J connectivity index is 1.24. The molecule has 1 saturated heterocycles. The number of fused-ring (bicyclic) bond motifs is 1. The Labute approximate surface area is 234 Å². The molecule has 1 aromatic carbocycles. The van der Waals surface area contributed by atoms with Crippen molar-refractivity contribution >= 4 is 35.0 Å². The minimum absolute atomic E-state index is 0.171. The summed E-state index contributed by atoms with van der Waals surface area (Å²) in [6, 6.07) is 7.26. The number of halogens is 2. The van der Waals surface area contributed by atoms with Crippen molar-refractivity contribution in [1.29, 1.82) is 0 Å². The molecule has 0 bridgehead atoms. The molecule has 1 N–H and O–H groups in total. The summed E-state index contributed by atoms with van der Waals surface area (Å²) in [7, 11) is 0. The third-order valence-electron chi connectivity index (χ3n) is 6.95. The molecule has 0 spiro atoms. The molecule has 0 unspecified atom stereocenters. The van der Waals surface area contributed by atoms with Crippen LogP contribution >= 0.6 is 11.9 Å². The van der Waals surface area contributed by atoms with Crippen LogP contribution < -0.4 is 5.32 Å². The van der Waals surface area contributed by atoms with Crippen LogP contribution in [0, 0.1) is 11.6 Å². The molecule has 0 saturated carbocycles. The van der Waals surface area contributed by atoms with Crippen molar-refractivity contribution in [3.8, 4) is 0 Å². The molecule has 2 aliphatic rings. The Kier molecular flexibility index (Phi) is 7.31. The van der Waals surface area contributed by atoms with Crippen LogP contribution in [-0.4, -0.2) is 47.7 Å². The topological polar surface area (TPSA) is 80.4 Å². The zero-order valence-electron chi connectivity index (χ0n) is 21.8. The molecule has 6 rings (SSSR count). The Hall–Kier alpha value is -4.09. The number of hydrogen-bond acceptors (Lipinski definition) is 6. The van der Waals surface area contributed by atoms with E-state index in [9.17, 15) is 13.6 Å². The van der Waals surface area contributed by atoms with Crippen molar-refractivity contribution in [1.82, 2.24) is 28.7 Å². The van der Waals surface area contributed by atoms with Gasteiger partial charge >= 0.3 is 0 Å². The van der Waals surface area contributed by atoms with Crippen LogP contribution in [0.15, 0.2) is 83.7 Å². The van der Waals surface area contributed by atoms with Gasteiger partial charge < -0.3 is 5.32 Å². The van der Waals surface area contributed by atoms with Gasteiger partial charge in [-0.3, -0.25) is 4.79 Å². The predicted molar refractivity (Wildman–Crippen MR) is 151 cm³/mol. The quantitative estimate of drug-likeness (QED) is 0.288. The summed E-state index contributed by atoms with van der Waals surface area (Å²) < 4.78 is 32.7. The molecule has 1 fully saturated rings. The summed E-state index contributed by atoms with van der Waals surface area (Å²) in [6.45, 7) is 3.55. The molecule has 1 aliphatic heterocycles. The van der Waals surface area contributed by atoms with Crippen LogP contribution in [-0.2, 0) is 0 Å². The number of benzene rings is 1. The molecule has 40 heavy (non-hydrogen) atoms. The number of carbonyl (C=O) groups excluding carboxylic acids is 1. The highest BCUT2D eigenvalue weighted by atomic mass is 32.2. The molecule has 4 aromatic rings. The van der Waals surface area contributed by atoms with Gasteiger partial charge in [-0.1, -0.05) is 17.7 Å². The van der Waals surface area contributed by atoms with Crippen molar-refractivity contribution < 1.29 is 13.6 Å². The van der Waals surface area contributed by atoms with Crippen molar-refractivity contribution in [2.45, 2.75) is 37.0 Å². The first-order valence-electron chi connectivity index (χ1n) is 13.1. The molecular weight excluding hydrogens is 532 g/mol. The van der Waals surface area contributed by atoms with E-state index in [0.717, 1.165) is 49.8 Å². The third kappa shape index (κ3) is 5.61. The van der Waals surface area contributed by atoms with E-state index in [-0.39, 0.29) is 11.8 Å². The van der Waals surface area contributed by atoms with Crippen LogP contribution in [0.2, 0.25) is 0 Å². The maximum atomic E-state index is 13.6. The summed E-state index contributed by atoms with van der Waals surface area (Å²) in [5.74, 6) is -0.746. The number of nitrogens with zero attached hydrogens (tertiary/aromatic N) is 6. The lowest BCUT2D eigenvalue weighted by molar-refractivity contribution is 0.102. The fourth-order valence-electron chi connectivity index (χ4n) is 4.89. The number of allylic oxidation sites excluding steroid dienone is 6. The Morgan fingerprint density at radius 1 is 1.10 bits per heavy atom. The SMILES string of the molecule is CC1=CC=C(n2nc(C3CCN(Sc4cc(F)cc(F)c4)CC3)cc2NC(=O)c2cnn3cccnc23)C=CC1. The van der Waals surface area contributed by atoms with Crippen LogP contribution in [0.3, 0.4) is 0 Å². The summed E-state index contributed by atoms with van der Waals surface area (Å²) in [6.07, 6.45) is 15.5. The van der Waals surface area contributed by atoms with Crippen molar-refractivity contribution in [2.24, 2.45) is 0 Å². The molecular formula is C29H27F2N7OS. The largest absolute Gasteiger partial charge is 0.306 e. The lowest BCUT2D eigenvalue weighted by Gasteiger charge is -2.30. The standard InChI is InChI=1S/C29H27F2N7OS/c1-19-4-2-5-23(7-6-19)38-27(34-29(39)25-18-33-37-11-3-10-32-28(25)37)17-26(35-38)20-8-12-36(13-9-20)40-24-15-21(30)14-22(31)16-24/h2-3,5-7,10-11,14-18,20H,4,8-9,12-13H2,1H3,(H,34,39). The van der Waals surface area contributed by atoms with Crippen molar-refractivity contribution in [3.63, 3.8) is 0 Å². The normalized spacial score (nSPS) is 16.6. The average molecular weight is 560 g/mol. The first kappa shape index (κ1) is 26.1. The highest BCUT2D eigenvalue weighted by Crippen LogP contribution is 2.35. The van der Waals surface area contributed by atoms with Gasteiger partial charge in [-0.15, -0.1) is 0 Å². The van der Waals surface area contributed by atoms with Gasteiger partial charge in [0.05, 0.1) is 17.6 Å². The van der Waals surface area contributed by atoms with E-state index in [2.05, 4.69) is 38.8 Å². The van der Waals surface area contributed by atoms with Gasteiger partial charge in [-0.05, 0) is 68.5 Å². The first-order chi connectivity index (χ1) is 19.4. The number of rotatable bonds is 6. The number of anilines is 1. The zero-order valence-corrected chi connectivity index (χ0v) is 22.6. The molecule has 0 atom stereocenters. The van der Waals surface area contributed by atoms with Gasteiger partial charge in [0.25, 0.3) is 5.91 Å². The number of aromatic nitrogens is 5. The molecule has 1 amide bonds. The van der Waals surface area contributed by atoms with Gasteiger partial charge in [0.2, 0.25) is 0 Å². The number of amides is 1. The van der Waals surface area contributed by atoms with E-state index in [1.807, 2.05) is 18.2 Å². The smallest absolute Gasteiger partial charge is 0.262 e. The van der Waals surface area contributed by atoms with Gasteiger partial charge in [0.15, 0.2) is 5.65 Å². The van der Waals surface area contributed by atoms with Gasteiger partial charge in [-0.2, -0.15) is 10.2 Å². The highest BCUT2D eigenvalue weighted by Gasteiger charge is 2.26. The second-order valence-corrected chi connectivity index (χ2v) is 11.0. The van der Waals surface area contributed by atoms with Crippen LogP contribution in [0.5, 0.6) is 0 Å². The van der Waals surface area contributed by atoms with Crippen LogP contribution in [0.25, 0.3) is 11.3 Å². The van der Waals surface area contributed by atoms with E-state index in [1.54, 1.807) is 27.7 Å². The average Bonchev–Trinajstić information content (AvgIpc) is 3.49. The molecule has 1 aliphatic carbocycles. The zero-order chi connectivity index (χ0) is 27.6. The summed E-state index contributed by atoms with van der Waals surface area (Å²) in [4.78, 5) is 18.2. The monoisotopic (exact) mass is 559 g/mol. The summed E-state index contributed by atoms with van der Waals surface area (Å²) in [5.41, 5.74) is 3.80. The minimum atomic E-state index is -0.579. The van der Waals surface area contributed by atoms with Crippen molar-refractivity contribution in [2.75, 3.05) is 18.4 Å². The molecule has 0 radical (unpaired) electrons.